The molecule has 2 amide bonds. The third-order valence-corrected chi connectivity index (χ3v) is 5.11. The van der Waals surface area contributed by atoms with E-state index >= 15 is 0 Å². The molecule has 3 N–H and O–H groups in total. The minimum absolute atomic E-state index is 0.212. The molecule has 1 aromatic heterocycles. The number of anilines is 1. The molecular weight excluding hydrogens is 341 g/mol. The molecule has 0 bridgehead atoms. The van der Waals surface area contributed by atoms with Gasteiger partial charge in [0, 0.05) is 10.9 Å². The van der Waals surface area contributed by atoms with Crippen LogP contribution in [0.4, 0.5) is 18.2 Å². The Hall–Kier alpha value is -2.35. The van der Waals surface area contributed by atoms with Gasteiger partial charge in [-0.3, -0.25) is 9.59 Å². The minimum Gasteiger partial charge on any atom is -0.365 e. The molecule has 4 nitrogen and oxygen atoms in total. The van der Waals surface area contributed by atoms with Gasteiger partial charge in [-0.1, -0.05) is 0 Å². The fourth-order valence-electron chi connectivity index (χ4n) is 2.78. The number of nitrogens with one attached hydrogen (secondary N) is 1. The highest BCUT2D eigenvalue weighted by Crippen LogP contribution is 2.38. The Balaban J connectivity index is 1.97. The third kappa shape index (κ3) is 2.89. The van der Waals surface area contributed by atoms with Crippen LogP contribution in [0.25, 0.3) is 0 Å². The lowest BCUT2D eigenvalue weighted by molar-refractivity contribution is 0.100. The molecule has 0 saturated carbocycles. The number of amides is 2. The molecule has 3 rings (SSSR count). The maximum atomic E-state index is 13.7. The van der Waals surface area contributed by atoms with Crippen LogP contribution in [0, 0.1) is 17.5 Å². The van der Waals surface area contributed by atoms with Gasteiger partial charge in [0.15, 0.2) is 11.6 Å². The molecular formula is C16H13F3N2O2S. The van der Waals surface area contributed by atoms with Crippen LogP contribution in [0.2, 0.25) is 0 Å². The molecule has 1 aliphatic rings. The molecule has 8 heteroatoms. The second kappa shape index (κ2) is 6.27. The predicted octanol–water partition coefficient (Wildman–Crippen LogP) is 3.40. The van der Waals surface area contributed by atoms with Crippen molar-refractivity contribution in [2.45, 2.75) is 25.7 Å². The summed E-state index contributed by atoms with van der Waals surface area (Å²) in [5.41, 5.74) is 5.78. The van der Waals surface area contributed by atoms with Gasteiger partial charge in [-0.15, -0.1) is 11.3 Å². The van der Waals surface area contributed by atoms with Crippen molar-refractivity contribution in [3.63, 3.8) is 0 Å². The number of aryl methyl sites for hydroxylation is 1. The summed E-state index contributed by atoms with van der Waals surface area (Å²) >= 11 is 1.20. The summed E-state index contributed by atoms with van der Waals surface area (Å²) in [6.45, 7) is 0. The van der Waals surface area contributed by atoms with Crippen LogP contribution in [-0.4, -0.2) is 11.8 Å². The molecule has 0 saturated heterocycles. The zero-order chi connectivity index (χ0) is 17.4. The average molecular weight is 354 g/mol. The van der Waals surface area contributed by atoms with Crippen molar-refractivity contribution >= 4 is 28.2 Å². The number of thiophene rings is 1. The van der Waals surface area contributed by atoms with Crippen LogP contribution in [0.15, 0.2) is 12.1 Å². The zero-order valence-electron chi connectivity index (χ0n) is 12.4. The Kier molecular flexibility index (Phi) is 4.31. The lowest BCUT2D eigenvalue weighted by Crippen LogP contribution is -2.19. The van der Waals surface area contributed by atoms with E-state index in [9.17, 15) is 22.8 Å². The zero-order valence-corrected chi connectivity index (χ0v) is 13.2. The highest BCUT2D eigenvalue weighted by atomic mass is 32.1. The minimum atomic E-state index is -1.38. The van der Waals surface area contributed by atoms with Gasteiger partial charge in [0.25, 0.3) is 11.8 Å². The normalized spacial score (nSPS) is 13.5. The smallest absolute Gasteiger partial charge is 0.259 e. The number of hydrogen-bond donors (Lipinski definition) is 2. The molecule has 1 heterocycles. The Bertz CT molecular complexity index is 848. The number of hydrogen-bond acceptors (Lipinski definition) is 3. The van der Waals surface area contributed by atoms with Crippen LogP contribution in [0.3, 0.4) is 0 Å². The van der Waals surface area contributed by atoms with E-state index in [0.717, 1.165) is 29.7 Å². The molecule has 24 heavy (non-hydrogen) atoms. The van der Waals surface area contributed by atoms with E-state index in [-0.39, 0.29) is 10.6 Å². The Morgan fingerprint density at radius 1 is 1.04 bits per heavy atom. The molecule has 0 unspecified atom stereocenters. The fourth-order valence-corrected chi connectivity index (χ4v) is 4.07. The number of halogens is 3. The SMILES string of the molecule is NC(=O)c1c(NC(=O)c2cc(F)c(F)cc2F)sc2c1CCCC2. The van der Waals surface area contributed by atoms with Crippen LogP contribution >= 0.6 is 11.3 Å². The van der Waals surface area contributed by atoms with Crippen LogP contribution in [0.1, 0.15) is 44.0 Å². The lowest BCUT2D eigenvalue weighted by atomic mass is 9.95. The standard InChI is InChI=1S/C16H13F3N2O2S/c17-9-6-11(19)10(18)5-8(9)15(23)21-16-13(14(20)22)7-3-1-2-4-12(7)24-16/h5-6H,1-4H2,(H2,20,22)(H,21,23). The first kappa shape index (κ1) is 16.5. The molecule has 0 fully saturated rings. The number of primary amides is 1. The van der Waals surface area contributed by atoms with E-state index in [4.69, 9.17) is 5.73 Å². The Morgan fingerprint density at radius 2 is 1.71 bits per heavy atom. The van der Waals surface area contributed by atoms with Gasteiger partial charge >= 0.3 is 0 Å². The van der Waals surface area contributed by atoms with Crippen LogP contribution in [-0.2, 0) is 12.8 Å². The number of fused-ring (bicyclic) bond motifs is 1. The van der Waals surface area contributed by atoms with Crippen molar-refractivity contribution < 1.29 is 22.8 Å². The van der Waals surface area contributed by atoms with Gasteiger partial charge in [-0.25, -0.2) is 13.2 Å². The number of carbonyl (C=O) groups is 2. The maximum Gasteiger partial charge on any atom is 0.259 e. The van der Waals surface area contributed by atoms with Gasteiger partial charge in [-0.05, 0) is 37.3 Å². The summed E-state index contributed by atoms with van der Waals surface area (Å²) in [6, 6.07) is 0.788. The number of rotatable bonds is 3. The molecule has 0 spiro atoms. The highest BCUT2D eigenvalue weighted by molar-refractivity contribution is 7.17. The average Bonchev–Trinajstić information content (AvgIpc) is 2.88. The van der Waals surface area contributed by atoms with Gasteiger partial charge in [0.05, 0.1) is 11.1 Å². The van der Waals surface area contributed by atoms with Crippen molar-refractivity contribution in [1.82, 2.24) is 0 Å². The van der Waals surface area contributed by atoms with E-state index in [0.29, 0.717) is 18.6 Å². The van der Waals surface area contributed by atoms with Crippen molar-refractivity contribution in [1.29, 1.82) is 0 Å². The molecule has 2 aromatic rings. The summed E-state index contributed by atoms with van der Waals surface area (Å²) in [6.07, 6.45) is 3.33. The summed E-state index contributed by atoms with van der Waals surface area (Å²) in [7, 11) is 0. The maximum absolute atomic E-state index is 13.7. The molecule has 126 valence electrons. The summed E-state index contributed by atoms with van der Waals surface area (Å²) < 4.78 is 39.9. The van der Waals surface area contributed by atoms with Crippen LogP contribution < -0.4 is 11.1 Å². The van der Waals surface area contributed by atoms with Gasteiger partial charge in [0.1, 0.15) is 10.8 Å². The topological polar surface area (TPSA) is 72.2 Å². The molecule has 0 aliphatic heterocycles. The van der Waals surface area contributed by atoms with Crippen molar-refractivity contribution in [3.8, 4) is 0 Å². The lowest BCUT2D eigenvalue weighted by Gasteiger charge is -2.11. The Morgan fingerprint density at radius 3 is 2.42 bits per heavy atom. The fraction of sp³-hybridized carbons (Fsp3) is 0.250. The van der Waals surface area contributed by atoms with E-state index in [1.165, 1.54) is 11.3 Å². The Labute approximate surface area is 139 Å². The summed E-state index contributed by atoms with van der Waals surface area (Å²) in [5.74, 6) is -5.55. The van der Waals surface area contributed by atoms with Crippen molar-refractivity contribution in [3.05, 3.63) is 51.2 Å². The van der Waals surface area contributed by atoms with E-state index in [1.54, 1.807) is 0 Å². The van der Waals surface area contributed by atoms with Crippen molar-refractivity contribution in [2.75, 3.05) is 5.32 Å². The van der Waals surface area contributed by atoms with E-state index in [2.05, 4.69) is 5.32 Å². The quantitative estimate of drug-likeness (QED) is 0.830. The predicted molar refractivity (Wildman–Crippen MR) is 83.7 cm³/mol. The molecule has 0 atom stereocenters. The monoisotopic (exact) mass is 354 g/mol. The molecule has 1 aromatic carbocycles. The largest absolute Gasteiger partial charge is 0.365 e. The first-order valence-electron chi connectivity index (χ1n) is 7.28. The van der Waals surface area contributed by atoms with Gasteiger partial charge in [-0.2, -0.15) is 0 Å². The first-order chi connectivity index (χ1) is 11.4. The van der Waals surface area contributed by atoms with Crippen molar-refractivity contribution in [2.24, 2.45) is 5.73 Å². The number of nitrogens with two attached hydrogens (primary N) is 1. The summed E-state index contributed by atoms with van der Waals surface area (Å²) in [5, 5.41) is 2.61. The second-order valence-electron chi connectivity index (χ2n) is 5.48. The van der Waals surface area contributed by atoms with Gasteiger partial charge < -0.3 is 11.1 Å². The van der Waals surface area contributed by atoms with Gasteiger partial charge in [0.2, 0.25) is 0 Å². The third-order valence-electron chi connectivity index (χ3n) is 3.90. The second-order valence-corrected chi connectivity index (χ2v) is 6.58. The van der Waals surface area contributed by atoms with Crippen LogP contribution in [0.5, 0.6) is 0 Å². The molecule has 0 radical (unpaired) electrons. The number of benzene rings is 1. The van der Waals surface area contributed by atoms with E-state index in [1.807, 2.05) is 0 Å². The van der Waals surface area contributed by atoms with E-state index < -0.39 is 34.8 Å². The first-order valence-corrected chi connectivity index (χ1v) is 8.10. The highest BCUT2D eigenvalue weighted by Gasteiger charge is 2.26. The molecule has 1 aliphatic carbocycles. The number of carbonyl (C=O) groups excluding carboxylic acids is 2. The summed E-state index contributed by atoms with van der Waals surface area (Å²) in [4.78, 5) is 24.9.